The van der Waals surface area contributed by atoms with E-state index in [0.717, 1.165) is 11.1 Å². The van der Waals surface area contributed by atoms with Gasteiger partial charge < -0.3 is 20.3 Å². The van der Waals surface area contributed by atoms with Gasteiger partial charge in [-0.1, -0.05) is 6.07 Å². The maximum atomic E-state index is 9.81. The van der Waals surface area contributed by atoms with Gasteiger partial charge in [0.15, 0.2) is 11.5 Å². The molecular formula is C11H16ClNO3. The summed E-state index contributed by atoms with van der Waals surface area (Å²) in [5.74, 6) is 1.36. The summed E-state index contributed by atoms with van der Waals surface area (Å²) in [5.41, 5.74) is 7.60. The van der Waals surface area contributed by atoms with Crippen LogP contribution in [0.4, 0.5) is 0 Å². The topological polar surface area (TPSA) is 64.7 Å². The molecule has 0 aliphatic heterocycles. The summed E-state index contributed by atoms with van der Waals surface area (Å²) >= 11 is 0. The highest BCUT2D eigenvalue weighted by Crippen LogP contribution is 2.41. The minimum atomic E-state index is -0.597. The fraction of sp³-hybridized carbons (Fsp3) is 0.455. The highest BCUT2D eigenvalue weighted by molar-refractivity contribution is 5.85. The third-order valence-corrected chi connectivity index (χ3v) is 2.85. The lowest BCUT2D eigenvalue weighted by Crippen LogP contribution is -2.24. The Balaban J connectivity index is 0.00000128. The molecule has 0 aromatic heterocycles. The largest absolute Gasteiger partial charge is 0.493 e. The first-order chi connectivity index (χ1) is 7.19. The van der Waals surface area contributed by atoms with E-state index in [9.17, 15) is 5.11 Å². The Morgan fingerprint density at radius 1 is 1.31 bits per heavy atom. The van der Waals surface area contributed by atoms with Crippen molar-refractivity contribution in [3.05, 3.63) is 23.3 Å². The average molecular weight is 246 g/mol. The van der Waals surface area contributed by atoms with Crippen LogP contribution in [0, 0.1) is 0 Å². The van der Waals surface area contributed by atoms with E-state index in [-0.39, 0.29) is 18.4 Å². The highest BCUT2D eigenvalue weighted by Gasteiger charge is 2.31. The van der Waals surface area contributed by atoms with Crippen LogP contribution >= 0.6 is 12.4 Å². The Kier molecular flexibility index (Phi) is 4.02. The molecule has 2 rings (SSSR count). The van der Waals surface area contributed by atoms with E-state index < -0.39 is 6.10 Å². The van der Waals surface area contributed by atoms with Crippen molar-refractivity contribution in [3.8, 4) is 11.5 Å². The van der Waals surface area contributed by atoms with Crippen molar-refractivity contribution >= 4 is 12.4 Å². The first-order valence-electron chi connectivity index (χ1n) is 4.86. The van der Waals surface area contributed by atoms with Crippen molar-refractivity contribution in [1.82, 2.24) is 0 Å². The van der Waals surface area contributed by atoms with Crippen LogP contribution < -0.4 is 15.2 Å². The van der Waals surface area contributed by atoms with Gasteiger partial charge in [0.2, 0.25) is 0 Å². The van der Waals surface area contributed by atoms with Gasteiger partial charge >= 0.3 is 0 Å². The second-order valence-corrected chi connectivity index (χ2v) is 3.68. The predicted octanol–water partition coefficient (Wildman–Crippen LogP) is 1.04. The van der Waals surface area contributed by atoms with E-state index >= 15 is 0 Å². The number of halogens is 1. The van der Waals surface area contributed by atoms with Gasteiger partial charge in [0.05, 0.1) is 20.3 Å². The molecule has 1 aliphatic rings. The maximum Gasteiger partial charge on any atom is 0.164 e. The first-order valence-corrected chi connectivity index (χ1v) is 4.86. The maximum absolute atomic E-state index is 9.81. The fourth-order valence-corrected chi connectivity index (χ4v) is 2.07. The lowest BCUT2D eigenvalue weighted by molar-refractivity contribution is 0.159. The lowest BCUT2D eigenvalue weighted by atomic mass is 10.1. The standard InChI is InChI=1S/C11H15NO3.ClH/c1-14-9-4-3-6-7(11(9)15-2)5-8(12)10(6)13;/h3-4,8,10,13H,5,12H2,1-2H3;1H. The molecule has 0 fully saturated rings. The summed E-state index contributed by atoms with van der Waals surface area (Å²) in [7, 11) is 3.18. The summed E-state index contributed by atoms with van der Waals surface area (Å²) in [6.07, 6.45) is 0.0245. The Morgan fingerprint density at radius 3 is 2.56 bits per heavy atom. The summed E-state index contributed by atoms with van der Waals surface area (Å²) in [6.45, 7) is 0. The molecule has 16 heavy (non-hydrogen) atoms. The van der Waals surface area contributed by atoms with Crippen molar-refractivity contribution in [1.29, 1.82) is 0 Å². The Hall–Kier alpha value is -0.970. The Morgan fingerprint density at radius 2 is 2.00 bits per heavy atom. The molecule has 1 aromatic carbocycles. The minimum Gasteiger partial charge on any atom is -0.493 e. The van der Waals surface area contributed by atoms with E-state index in [2.05, 4.69) is 0 Å². The number of hydrogen-bond donors (Lipinski definition) is 2. The van der Waals surface area contributed by atoms with Gasteiger partial charge in [0.1, 0.15) is 0 Å². The Labute approximate surface area is 101 Å². The van der Waals surface area contributed by atoms with Crippen LogP contribution in [0.5, 0.6) is 11.5 Å². The molecule has 0 radical (unpaired) electrons. The van der Waals surface area contributed by atoms with Crippen LogP contribution in [0.1, 0.15) is 17.2 Å². The molecule has 0 saturated heterocycles. The van der Waals surface area contributed by atoms with Gasteiger partial charge in [-0.25, -0.2) is 0 Å². The molecule has 5 heteroatoms. The molecule has 2 atom stereocenters. The van der Waals surface area contributed by atoms with Crippen LogP contribution in [-0.2, 0) is 6.42 Å². The predicted molar refractivity (Wildman–Crippen MR) is 63.4 cm³/mol. The second kappa shape index (κ2) is 4.91. The normalized spacial score (nSPS) is 22.2. The number of nitrogens with two attached hydrogens (primary N) is 1. The zero-order chi connectivity index (χ0) is 11.0. The SMILES string of the molecule is COc1ccc2c(c1OC)CC(N)C2O.Cl. The summed E-state index contributed by atoms with van der Waals surface area (Å²) in [6, 6.07) is 3.38. The van der Waals surface area contributed by atoms with Crippen molar-refractivity contribution in [2.75, 3.05) is 14.2 Å². The fourth-order valence-electron chi connectivity index (χ4n) is 2.07. The number of hydrogen-bond acceptors (Lipinski definition) is 4. The number of methoxy groups -OCH3 is 2. The van der Waals surface area contributed by atoms with Crippen LogP contribution in [0.3, 0.4) is 0 Å². The smallest absolute Gasteiger partial charge is 0.164 e. The zero-order valence-corrected chi connectivity index (χ0v) is 10.1. The molecule has 90 valence electrons. The molecule has 0 bridgehead atoms. The summed E-state index contributed by atoms with van der Waals surface area (Å²) in [4.78, 5) is 0. The number of aliphatic hydroxyl groups excluding tert-OH is 1. The minimum absolute atomic E-state index is 0. The van der Waals surface area contributed by atoms with E-state index in [4.69, 9.17) is 15.2 Å². The Bertz CT molecular complexity index is 384. The van der Waals surface area contributed by atoms with Crippen molar-refractivity contribution in [2.45, 2.75) is 18.6 Å². The molecule has 2 unspecified atom stereocenters. The summed E-state index contributed by atoms with van der Waals surface area (Å²) < 4.78 is 10.5. The second-order valence-electron chi connectivity index (χ2n) is 3.68. The van der Waals surface area contributed by atoms with Gasteiger partial charge in [0.25, 0.3) is 0 Å². The van der Waals surface area contributed by atoms with Crippen LogP contribution in [0.15, 0.2) is 12.1 Å². The van der Waals surface area contributed by atoms with E-state index in [1.165, 1.54) is 0 Å². The molecule has 4 nitrogen and oxygen atoms in total. The van der Waals surface area contributed by atoms with E-state index in [1.807, 2.05) is 6.07 Å². The van der Waals surface area contributed by atoms with Crippen LogP contribution in [0.2, 0.25) is 0 Å². The molecule has 3 N–H and O–H groups in total. The molecule has 0 heterocycles. The van der Waals surface area contributed by atoms with E-state index in [1.54, 1.807) is 20.3 Å². The number of rotatable bonds is 2. The third-order valence-electron chi connectivity index (χ3n) is 2.85. The first kappa shape index (κ1) is 13.1. The monoisotopic (exact) mass is 245 g/mol. The molecule has 1 aliphatic carbocycles. The molecular weight excluding hydrogens is 230 g/mol. The third kappa shape index (κ3) is 1.84. The van der Waals surface area contributed by atoms with Crippen molar-refractivity contribution in [3.63, 3.8) is 0 Å². The van der Waals surface area contributed by atoms with E-state index in [0.29, 0.717) is 17.9 Å². The quantitative estimate of drug-likeness (QED) is 0.817. The van der Waals surface area contributed by atoms with Crippen LogP contribution in [-0.4, -0.2) is 25.4 Å². The van der Waals surface area contributed by atoms with Gasteiger partial charge in [-0.3, -0.25) is 0 Å². The van der Waals surface area contributed by atoms with Crippen LogP contribution in [0.25, 0.3) is 0 Å². The number of benzene rings is 1. The van der Waals surface area contributed by atoms with Gasteiger partial charge in [-0.15, -0.1) is 12.4 Å². The lowest BCUT2D eigenvalue weighted by Gasteiger charge is -2.12. The van der Waals surface area contributed by atoms with Crippen molar-refractivity contribution in [2.24, 2.45) is 5.73 Å². The molecule has 0 spiro atoms. The number of aliphatic hydroxyl groups is 1. The molecule has 1 aromatic rings. The average Bonchev–Trinajstić information content (AvgIpc) is 2.54. The van der Waals surface area contributed by atoms with Gasteiger partial charge in [-0.2, -0.15) is 0 Å². The summed E-state index contributed by atoms with van der Waals surface area (Å²) in [5, 5.41) is 9.81. The van der Waals surface area contributed by atoms with Crippen molar-refractivity contribution < 1.29 is 14.6 Å². The molecule has 0 amide bonds. The zero-order valence-electron chi connectivity index (χ0n) is 9.27. The van der Waals surface area contributed by atoms with Gasteiger partial charge in [0, 0.05) is 11.6 Å². The molecule has 0 saturated carbocycles. The number of fused-ring (bicyclic) bond motifs is 1. The number of ether oxygens (including phenoxy) is 2. The van der Waals surface area contributed by atoms with Gasteiger partial charge in [-0.05, 0) is 18.1 Å². The highest BCUT2D eigenvalue weighted by atomic mass is 35.5.